The van der Waals surface area contributed by atoms with Crippen LogP contribution in [0.3, 0.4) is 0 Å². The van der Waals surface area contributed by atoms with Crippen LogP contribution in [0.5, 0.6) is 0 Å². The molecule has 3 rings (SSSR count). The van der Waals surface area contributed by atoms with Gasteiger partial charge >= 0.3 is 0 Å². The monoisotopic (exact) mass is 398 g/mol. The van der Waals surface area contributed by atoms with Gasteiger partial charge in [0.1, 0.15) is 0 Å². The summed E-state index contributed by atoms with van der Waals surface area (Å²) in [4.78, 5) is 31.0. The first kappa shape index (κ1) is 21.0. The van der Waals surface area contributed by atoms with E-state index in [1.54, 1.807) is 17.1 Å². The second-order valence-corrected chi connectivity index (χ2v) is 7.88. The average Bonchev–Trinajstić information content (AvgIpc) is 3.20. The molecule has 0 aliphatic carbocycles. The Morgan fingerprint density at radius 2 is 2.17 bits per heavy atom. The summed E-state index contributed by atoms with van der Waals surface area (Å²) in [6.45, 7) is 5.27. The van der Waals surface area contributed by atoms with Gasteiger partial charge in [-0.15, -0.1) is 5.10 Å². The number of carbonyl (C=O) groups excluding carboxylic acids is 2. The molecule has 0 bridgehead atoms. The highest BCUT2D eigenvalue weighted by Gasteiger charge is 2.26. The van der Waals surface area contributed by atoms with Crippen LogP contribution in [0.15, 0.2) is 30.7 Å². The van der Waals surface area contributed by atoms with E-state index in [-0.39, 0.29) is 23.9 Å². The summed E-state index contributed by atoms with van der Waals surface area (Å²) in [5, 5.41) is 10.9. The lowest BCUT2D eigenvalue weighted by atomic mass is 9.98. The van der Waals surface area contributed by atoms with Gasteiger partial charge in [-0.3, -0.25) is 19.3 Å². The molecule has 2 amide bonds. The molecule has 3 heterocycles. The smallest absolute Gasteiger partial charge is 0.273 e. The van der Waals surface area contributed by atoms with E-state index < -0.39 is 0 Å². The summed E-state index contributed by atoms with van der Waals surface area (Å²) >= 11 is 0. The summed E-state index contributed by atoms with van der Waals surface area (Å²) in [6, 6.07) is 4.17. The molecule has 1 aliphatic rings. The molecule has 8 heteroatoms. The fourth-order valence-corrected chi connectivity index (χ4v) is 3.70. The molecule has 156 valence electrons. The predicted octanol–water partition coefficient (Wildman–Crippen LogP) is 2.22. The normalized spacial score (nSPS) is 16.8. The quantitative estimate of drug-likeness (QED) is 0.736. The van der Waals surface area contributed by atoms with Crippen LogP contribution < -0.4 is 5.32 Å². The highest BCUT2D eigenvalue weighted by molar-refractivity contribution is 5.91. The fraction of sp³-hybridized carbons (Fsp3) is 0.571. The topological polar surface area (TPSA) is 93.0 Å². The SMILES string of the molecule is CC(C)NC(=O)c1cn(CCC2CCCCN2C(=O)CCc2cccnc2)nn1. The minimum Gasteiger partial charge on any atom is -0.348 e. The van der Waals surface area contributed by atoms with Gasteiger partial charge in [0, 0.05) is 44.0 Å². The van der Waals surface area contributed by atoms with Gasteiger partial charge in [0.25, 0.3) is 5.91 Å². The van der Waals surface area contributed by atoms with Crippen molar-refractivity contribution in [3.05, 3.63) is 42.0 Å². The number of piperidine rings is 1. The van der Waals surface area contributed by atoms with Gasteiger partial charge in [-0.2, -0.15) is 0 Å². The van der Waals surface area contributed by atoms with E-state index in [0.717, 1.165) is 37.8 Å². The summed E-state index contributed by atoms with van der Waals surface area (Å²) in [5.41, 5.74) is 1.41. The number of rotatable bonds is 8. The maximum atomic E-state index is 12.8. The largest absolute Gasteiger partial charge is 0.348 e. The van der Waals surface area contributed by atoms with Gasteiger partial charge in [-0.25, -0.2) is 0 Å². The van der Waals surface area contributed by atoms with E-state index in [9.17, 15) is 9.59 Å². The Balaban J connectivity index is 1.52. The molecule has 2 aromatic heterocycles. The number of likely N-dealkylation sites (tertiary alicyclic amines) is 1. The van der Waals surface area contributed by atoms with E-state index in [1.807, 2.05) is 37.1 Å². The van der Waals surface area contributed by atoms with E-state index >= 15 is 0 Å². The lowest BCUT2D eigenvalue weighted by Gasteiger charge is -2.36. The highest BCUT2D eigenvalue weighted by Crippen LogP contribution is 2.21. The first-order valence-corrected chi connectivity index (χ1v) is 10.4. The predicted molar refractivity (Wildman–Crippen MR) is 109 cm³/mol. The lowest BCUT2D eigenvalue weighted by Crippen LogP contribution is -2.44. The number of amides is 2. The van der Waals surface area contributed by atoms with Gasteiger partial charge in [0.15, 0.2) is 5.69 Å². The van der Waals surface area contributed by atoms with Crippen molar-refractivity contribution < 1.29 is 9.59 Å². The van der Waals surface area contributed by atoms with Crippen molar-refractivity contribution in [2.45, 2.75) is 71.0 Å². The molecular formula is C21H30N6O2. The molecular weight excluding hydrogens is 368 g/mol. The number of pyridine rings is 1. The van der Waals surface area contributed by atoms with Crippen LogP contribution in [0.2, 0.25) is 0 Å². The van der Waals surface area contributed by atoms with Crippen LogP contribution in [0.4, 0.5) is 0 Å². The van der Waals surface area contributed by atoms with Crippen molar-refractivity contribution in [2.24, 2.45) is 0 Å². The average molecular weight is 399 g/mol. The second-order valence-electron chi connectivity index (χ2n) is 7.88. The lowest BCUT2D eigenvalue weighted by molar-refractivity contribution is -0.135. The third-order valence-electron chi connectivity index (χ3n) is 5.18. The maximum Gasteiger partial charge on any atom is 0.273 e. The Morgan fingerprint density at radius 1 is 1.31 bits per heavy atom. The molecule has 0 aromatic carbocycles. The van der Waals surface area contributed by atoms with Crippen LogP contribution >= 0.6 is 0 Å². The molecule has 8 nitrogen and oxygen atoms in total. The van der Waals surface area contributed by atoms with Crippen molar-refractivity contribution in [1.29, 1.82) is 0 Å². The van der Waals surface area contributed by atoms with Crippen molar-refractivity contribution in [3.8, 4) is 0 Å². The number of aromatic nitrogens is 4. The van der Waals surface area contributed by atoms with Crippen molar-refractivity contribution >= 4 is 11.8 Å². The summed E-state index contributed by atoms with van der Waals surface area (Å²) in [7, 11) is 0. The molecule has 1 fully saturated rings. The minimum absolute atomic E-state index is 0.0566. The minimum atomic E-state index is -0.212. The van der Waals surface area contributed by atoms with Crippen LogP contribution in [0, 0.1) is 0 Å². The molecule has 1 unspecified atom stereocenters. The number of hydrogen-bond donors (Lipinski definition) is 1. The summed E-state index contributed by atoms with van der Waals surface area (Å²) in [5.74, 6) is -0.00901. The molecule has 0 radical (unpaired) electrons. The van der Waals surface area contributed by atoms with Crippen LogP contribution in [0.1, 0.15) is 62.0 Å². The van der Waals surface area contributed by atoms with Crippen LogP contribution in [-0.4, -0.2) is 55.3 Å². The molecule has 2 aromatic rings. The Bertz CT molecular complexity index is 805. The fourth-order valence-electron chi connectivity index (χ4n) is 3.70. The molecule has 1 saturated heterocycles. The van der Waals surface area contributed by atoms with E-state index in [4.69, 9.17) is 0 Å². The van der Waals surface area contributed by atoms with E-state index in [1.165, 1.54) is 0 Å². The van der Waals surface area contributed by atoms with Gasteiger partial charge in [-0.05, 0) is 57.6 Å². The van der Waals surface area contributed by atoms with Gasteiger partial charge < -0.3 is 10.2 Å². The number of aryl methyl sites for hydroxylation is 2. The second kappa shape index (κ2) is 10.1. The van der Waals surface area contributed by atoms with E-state index in [0.29, 0.717) is 25.1 Å². The van der Waals surface area contributed by atoms with Gasteiger partial charge in [0.2, 0.25) is 5.91 Å². The summed E-state index contributed by atoms with van der Waals surface area (Å²) in [6.07, 6.45) is 10.5. The van der Waals surface area contributed by atoms with E-state index in [2.05, 4.69) is 20.6 Å². The molecule has 0 saturated carbocycles. The van der Waals surface area contributed by atoms with Gasteiger partial charge in [0.05, 0.1) is 6.20 Å². The maximum absolute atomic E-state index is 12.8. The number of hydrogen-bond acceptors (Lipinski definition) is 5. The zero-order valence-corrected chi connectivity index (χ0v) is 17.3. The highest BCUT2D eigenvalue weighted by atomic mass is 16.2. The standard InChI is InChI=1S/C21H30N6O2/c1-16(2)23-21(29)19-15-26(25-24-19)13-10-18-7-3-4-12-27(18)20(28)9-8-17-6-5-11-22-14-17/h5-6,11,14-16,18H,3-4,7-10,12-13H2,1-2H3,(H,23,29). The Kier molecular flexibility index (Phi) is 7.32. The number of nitrogens with zero attached hydrogens (tertiary/aromatic N) is 5. The number of nitrogens with one attached hydrogen (secondary N) is 1. The first-order valence-electron chi connectivity index (χ1n) is 10.4. The zero-order valence-electron chi connectivity index (χ0n) is 17.3. The van der Waals surface area contributed by atoms with Gasteiger partial charge in [-0.1, -0.05) is 11.3 Å². The molecule has 0 spiro atoms. The third kappa shape index (κ3) is 6.10. The first-order chi connectivity index (χ1) is 14.0. The third-order valence-corrected chi connectivity index (χ3v) is 5.18. The Hall–Kier alpha value is -2.77. The Morgan fingerprint density at radius 3 is 2.93 bits per heavy atom. The molecule has 1 atom stereocenters. The number of carbonyl (C=O) groups is 2. The van der Waals surface area contributed by atoms with Crippen molar-refractivity contribution in [1.82, 2.24) is 30.2 Å². The molecule has 1 N–H and O–H groups in total. The molecule has 29 heavy (non-hydrogen) atoms. The van der Waals surface area contributed by atoms with Crippen molar-refractivity contribution in [3.63, 3.8) is 0 Å². The van der Waals surface area contributed by atoms with Crippen LogP contribution in [-0.2, 0) is 17.8 Å². The molecule has 1 aliphatic heterocycles. The Labute approximate surface area is 171 Å². The van der Waals surface area contributed by atoms with Crippen molar-refractivity contribution in [2.75, 3.05) is 6.54 Å². The van der Waals surface area contributed by atoms with Crippen LogP contribution in [0.25, 0.3) is 0 Å². The summed E-state index contributed by atoms with van der Waals surface area (Å²) < 4.78 is 1.70. The zero-order chi connectivity index (χ0) is 20.6.